The van der Waals surface area contributed by atoms with Crippen molar-refractivity contribution >= 4 is 35.0 Å². The molecule has 5 rings (SSSR count). The number of aliphatic imine (C=N–C) groups is 2. The fourth-order valence-corrected chi connectivity index (χ4v) is 3.66. The predicted molar refractivity (Wildman–Crippen MR) is 118 cm³/mol. The zero-order valence-corrected chi connectivity index (χ0v) is 17.3. The van der Waals surface area contributed by atoms with E-state index in [1.165, 1.54) is 0 Å². The molecule has 7 heteroatoms. The Labute approximate surface area is 184 Å². The smallest absolute Gasteiger partial charge is 0.236 e. The summed E-state index contributed by atoms with van der Waals surface area (Å²) >= 11 is 11.9. The molecule has 2 aromatic carbocycles. The predicted octanol–water partition coefficient (Wildman–Crippen LogP) is 5.42. The molecule has 0 unspecified atom stereocenters. The van der Waals surface area contributed by atoms with E-state index in [0.717, 1.165) is 11.1 Å². The third-order valence-corrected chi connectivity index (χ3v) is 5.50. The van der Waals surface area contributed by atoms with Crippen molar-refractivity contribution < 1.29 is 9.47 Å². The van der Waals surface area contributed by atoms with Crippen LogP contribution in [0.1, 0.15) is 34.6 Å². The summed E-state index contributed by atoms with van der Waals surface area (Å²) in [5.41, 5.74) is 3.43. The largest absolute Gasteiger partial charge is 0.474 e. The summed E-state index contributed by atoms with van der Waals surface area (Å²) in [5, 5.41) is 1.40. The van der Waals surface area contributed by atoms with E-state index in [-0.39, 0.29) is 12.1 Å². The van der Waals surface area contributed by atoms with E-state index in [4.69, 9.17) is 42.7 Å². The molecule has 0 aliphatic carbocycles. The van der Waals surface area contributed by atoms with Crippen LogP contribution < -0.4 is 0 Å². The van der Waals surface area contributed by atoms with Crippen LogP contribution in [0.2, 0.25) is 10.0 Å². The van der Waals surface area contributed by atoms with E-state index in [0.29, 0.717) is 46.4 Å². The maximum Gasteiger partial charge on any atom is 0.236 e. The number of pyridine rings is 1. The Morgan fingerprint density at radius 2 is 1.07 bits per heavy atom. The molecule has 0 bridgehead atoms. The van der Waals surface area contributed by atoms with Gasteiger partial charge >= 0.3 is 0 Å². The molecule has 30 heavy (non-hydrogen) atoms. The molecule has 0 radical (unpaired) electrons. The van der Waals surface area contributed by atoms with Crippen LogP contribution >= 0.6 is 23.2 Å². The molecule has 0 N–H and O–H groups in total. The molecule has 5 nitrogen and oxygen atoms in total. The number of rotatable bonds is 4. The normalized spacial score (nSPS) is 20.3. The van der Waals surface area contributed by atoms with E-state index in [1.54, 1.807) is 0 Å². The van der Waals surface area contributed by atoms with Crippen molar-refractivity contribution in [3.05, 3.63) is 99.3 Å². The molecule has 150 valence electrons. The van der Waals surface area contributed by atoms with Crippen molar-refractivity contribution in [2.24, 2.45) is 9.98 Å². The number of hydrogen-bond acceptors (Lipinski definition) is 5. The summed E-state index contributed by atoms with van der Waals surface area (Å²) in [6, 6.07) is 20.8. The lowest BCUT2D eigenvalue weighted by Gasteiger charge is -2.04. The van der Waals surface area contributed by atoms with Crippen molar-refractivity contribution in [1.82, 2.24) is 4.98 Å². The molecular formula is C23H17Cl2N3O2. The summed E-state index contributed by atoms with van der Waals surface area (Å²) in [5.74, 6) is 1.04. The Bertz CT molecular complexity index is 1040. The number of ether oxygens (including phenoxy) is 2. The first-order valence-corrected chi connectivity index (χ1v) is 10.3. The molecule has 2 aliphatic rings. The Morgan fingerprint density at radius 1 is 0.633 bits per heavy atom. The highest BCUT2D eigenvalue weighted by Gasteiger charge is 2.25. The first kappa shape index (κ1) is 19.1. The molecule has 0 saturated heterocycles. The quantitative estimate of drug-likeness (QED) is 0.546. The second-order valence-electron chi connectivity index (χ2n) is 7.03. The van der Waals surface area contributed by atoms with Crippen molar-refractivity contribution in [1.29, 1.82) is 0 Å². The number of halogens is 2. The van der Waals surface area contributed by atoms with Crippen LogP contribution in [0.4, 0.5) is 0 Å². The summed E-state index contributed by atoms with van der Waals surface area (Å²) in [7, 11) is 0. The minimum absolute atomic E-state index is 0.0721. The first-order chi connectivity index (χ1) is 14.7. The van der Waals surface area contributed by atoms with Gasteiger partial charge in [0.1, 0.15) is 36.7 Å². The van der Waals surface area contributed by atoms with Crippen LogP contribution in [0.15, 0.2) is 76.7 Å². The van der Waals surface area contributed by atoms with E-state index < -0.39 is 0 Å². The van der Waals surface area contributed by atoms with E-state index in [1.807, 2.05) is 66.7 Å². The zero-order chi connectivity index (χ0) is 20.5. The molecule has 0 amide bonds. The van der Waals surface area contributed by atoms with Gasteiger partial charge < -0.3 is 9.47 Å². The van der Waals surface area contributed by atoms with Gasteiger partial charge in [-0.15, -0.1) is 0 Å². The molecule has 2 atom stereocenters. The van der Waals surface area contributed by atoms with Gasteiger partial charge in [-0.25, -0.2) is 15.0 Å². The molecule has 3 aromatic rings. The fraction of sp³-hybridized carbons (Fsp3) is 0.174. The maximum absolute atomic E-state index is 5.97. The van der Waals surface area contributed by atoms with Crippen LogP contribution in [0, 0.1) is 0 Å². The van der Waals surface area contributed by atoms with Gasteiger partial charge in [-0.1, -0.05) is 53.5 Å². The summed E-state index contributed by atoms with van der Waals surface area (Å²) < 4.78 is 11.6. The molecule has 0 spiro atoms. The average molecular weight is 438 g/mol. The van der Waals surface area contributed by atoms with Gasteiger partial charge in [0, 0.05) is 10.0 Å². The molecule has 3 heterocycles. The minimum Gasteiger partial charge on any atom is -0.474 e. The Balaban J connectivity index is 1.37. The zero-order valence-electron chi connectivity index (χ0n) is 15.8. The van der Waals surface area contributed by atoms with E-state index >= 15 is 0 Å². The van der Waals surface area contributed by atoms with Gasteiger partial charge in [-0.3, -0.25) is 0 Å². The highest BCUT2D eigenvalue weighted by atomic mass is 35.5. The van der Waals surface area contributed by atoms with Crippen LogP contribution in [-0.2, 0) is 9.47 Å². The Kier molecular flexibility index (Phi) is 5.15. The standard InChI is InChI=1S/C23H17Cl2N3O2/c24-16-8-4-14(5-9-16)20-12-29-22(27-20)18-2-1-3-19(26-18)23-28-21(13-30-23)15-6-10-17(25)11-7-15/h1-11,20-21H,12-13H2/t20-,21-/m1/s1. The third kappa shape index (κ3) is 3.91. The van der Waals surface area contributed by atoms with Gasteiger partial charge in [0.05, 0.1) is 0 Å². The summed E-state index contributed by atoms with van der Waals surface area (Å²) in [6.45, 7) is 0.942. The molecule has 2 aliphatic heterocycles. The molecule has 0 saturated carbocycles. The number of nitrogens with zero attached hydrogens (tertiary/aromatic N) is 3. The lowest BCUT2D eigenvalue weighted by Crippen LogP contribution is -2.09. The van der Waals surface area contributed by atoms with E-state index in [2.05, 4.69) is 4.98 Å². The summed E-state index contributed by atoms with van der Waals surface area (Å²) in [4.78, 5) is 14.1. The minimum atomic E-state index is -0.0721. The van der Waals surface area contributed by atoms with Gasteiger partial charge in [-0.2, -0.15) is 0 Å². The number of aromatic nitrogens is 1. The lowest BCUT2D eigenvalue weighted by molar-refractivity contribution is 0.317. The van der Waals surface area contributed by atoms with E-state index in [9.17, 15) is 0 Å². The fourth-order valence-electron chi connectivity index (χ4n) is 3.41. The van der Waals surface area contributed by atoms with Crippen molar-refractivity contribution in [2.45, 2.75) is 12.1 Å². The second-order valence-corrected chi connectivity index (χ2v) is 7.91. The Hall–Kier alpha value is -2.89. The highest BCUT2D eigenvalue weighted by molar-refractivity contribution is 6.30. The van der Waals surface area contributed by atoms with Crippen LogP contribution in [0.25, 0.3) is 0 Å². The topological polar surface area (TPSA) is 56.1 Å². The first-order valence-electron chi connectivity index (χ1n) is 9.55. The van der Waals surface area contributed by atoms with Gasteiger partial charge in [0.2, 0.25) is 11.8 Å². The van der Waals surface area contributed by atoms with Crippen molar-refractivity contribution in [3.63, 3.8) is 0 Å². The molecule has 0 fully saturated rings. The third-order valence-electron chi connectivity index (χ3n) is 5.00. The van der Waals surface area contributed by atoms with Gasteiger partial charge in [0.15, 0.2) is 0 Å². The lowest BCUT2D eigenvalue weighted by atomic mass is 10.1. The molecular weight excluding hydrogens is 421 g/mol. The van der Waals surface area contributed by atoms with Crippen LogP contribution in [-0.4, -0.2) is 30.0 Å². The van der Waals surface area contributed by atoms with Crippen molar-refractivity contribution in [2.75, 3.05) is 13.2 Å². The average Bonchev–Trinajstić information content (AvgIpc) is 3.45. The summed E-state index contributed by atoms with van der Waals surface area (Å²) in [6.07, 6.45) is 0. The Morgan fingerprint density at radius 3 is 1.50 bits per heavy atom. The monoisotopic (exact) mass is 437 g/mol. The second kappa shape index (κ2) is 8.09. The van der Waals surface area contributed by atoms with Crippen molar-refractivity contribution in [3.8, 4) is 0 Å². The number of hydrogen-bond donors (Lipinski definition) is 0. The highest BCUT2D eigenvalue weighted by Crippen LogP contribution is 2.28. The molecule has 1 aromatic heterocycles. The maximum atomic E-state index is 5.97. The van der Waals surface area contributed by atoms with Crippen LogP contribution in [0.5, 0.6) is 0 Å². The van der Waals surface area contributed by atoms with Gasteiger partial charge in [-0.05, 0) is 47.5 Å². The van der Waals surface area contributed by atoms with Gasteiger partial charge in [0.25, 0.3) is 0 Å². The number of benzene rings is 2. The van der Waals surface area contributed by atoms with Crippen LogP contribution in [0.3, 0.4) is 0 Å². The SMILES string of the molecule is Clc1ccc([C@H]2COC(c3cccc(C4=N[C@@H](c5ccc(Cl)cc5)CO4)n3)=N2)cc1.